The van der Waals surface area contributed by atoms with Crippen LogP contribution in [0.5, 0.6) is 0 Å². The van der Waals surface area contributed by atoms with E-state index in [1.165, 1.54) is 32.3 Å². The third-order valence-electron chi connectivity index (χ3n) is 6.98. The fourth-order valence-corrected chi connectivity index (χ4v) is 7.91. The highest BCUT2D eigenvalue weighted by molar-refractivity contribution is 7.10. The number of rotatable bonds is 3. The molecule has 0 heterocycles. The maximum atomic E-state index is 2.51. The third-order valence-corrected chi connectivity index (χ3v) is 11.4. The number of hydrogen-bond donors (Lipinski definition) is 0. The second-order valence-electron chi connectivity index (χ2n) is 12.6. The fourth-order valence-electron chi connectivity index (χ4n) is 4.41. The molecular formula is C31H42Si. The third kappa shape index (κ3) is 4.94. The first-order valence-electron chi connectivity index (χ1n) is 12.0. The molecule has 0 aliphatic carbocycles. The van der Waals surface area contributed by atoms with E-state index in [0.29, 0.717) is 0 Å². The Morgan fingerprint density at radius 3 is 0.719 bits per heavy atom. The second kappa shape index (κ2) is 8.34. The average molecular weight is 443 g/mol. The van der Waals surface area contributed by atoms with E-state index in [-0.39, 0.29) is 16.2 Å². The lowest BCUT2D eigenvalue weighted by Crippen LogP contribution is -2.64. The Labute approximate surface area is 198 Å². The van der Waals surface area contributed by atoms with Crippen LogP contribution in [0.4, 0.5) is 0 Å². The van der Waals surface area contributed by atoms with Gasteiger partial charge < -0.3 is 0 Å². The van der Waals surface area contributed by atoms with E-state index in [1.54, 1.807) is 0 Å². The van der Waals surface area contributed by atoms with Gasteiger partial charge in [0, 0.05) is 0 Å². The van der Waals surface area contributed by atoms with E-state index in [2.05, 4.69) is 142 Å². The van der Waals surface area contributed by atoms with Gasteiger partial charge >= 0.3 is 0 Å². The number of hydrogen-bond acceptors (Lipinski definition) is 0. The van der Waals surface area contributed by atoms with Gasteiger partial charge in [0.05, 0.1) is 0 Å². The molecule has 0 saturated heterocycles. The quantitative estimate of drug-likeness (QED) is 0.313. The summed E-state index contributed by atoms with van der Waals surface area (Å²) in [6.07, 6.45) is 0. The molecule has 0 bridgehead atoms. The van der Waals surface area contributed by atoms with Gasteiger partial charge in [0.25, 0.3) is 0 Å². The second-order valence-corrected chi connectivity index (χ2v) is 16.6. The molecule has 0 spiro atoms. The summed E-state index contributed by atoms with van der Waals surface area (Å²) in [5.74, 6) is 0. The molecule has 0 nitrogen and oxygen atoms in total. The molecule has 0 amide bonds. The zero-order valence-electron chi connectivity index (χ0n) is 21.9. The van der Waals surface area contributed by atoms with Crippen molar-refractivity contribution >= 4 is 23.6 Å². The highest BCUT2D eigenvalue weighted by atomic mass is 28.3. The highest BCUT2D eigenvalue weighted by Gasteiger charge is 2.35. The van der Waals surface area contributed by atoms with Gasteiger partial charge in [-0.3, -0.25) is 0 Å². The van der Waals surface area contributed by atoms with Gasteiger partial charge in [0.1, 0.15) is 8.07 Å². The molecular weight excluding hydrogens is 400 g/mol. The van der Waals surface area contributed by atoms with Crippen LogP contribution in [-0.4, -0.2) is 8.07 Å². The fraction of sp³-hybridized carbons (Fsp3) is 0.419. The van der Waals surface area contributed by atoms with Crippen LogP contribution in [0.25, 0.3) is 0 Å². The van der Waals surface area contributed by atoms with Crippen molar-refractivity contribution in [3.05, 3.63) is 89.5 Å². The molecule has 0 atom stereocenters. The monoisotopic (exact) mass is 442 g/mol. The van der Waals surface area contributed by atoms with Crippen molar-refractivity contribution in [2.75, 3.05) is 0 Å². The van der Waals surface area contributed by atoms with Gasteiger partial charge in [0.15, 0.2) is 0 Å². The zero-order valence-corrected chi connectivity index (χ0v) is 22.9. The van der Waals surface area contributed by atoms with E-state index < -0.39 is 8.07 Å². The Hall–Kier alpha value is -2.12. The Morgan fingerprint density at radius 2 is 0.562 bits per heavy atom. The van der Waals surface area contributed by atoms with Crippen LogP contribution in [0.2, 0.25) is 6.55 Å². The Morgan fingerprint density at radius 1 is 0.375 bits per heavy atom. The summed E-state index contributed by atoms with van der Waals surface area (Å²) in [6.45, 7) is 23.1. The summed E-state index contributed by atoms with van der Waals surface area (Å²) < 4.78 is 0. The minimum Gasteiger partial charge on any atom is -0.0619 e. The van der Waals surface area contributed by atoms with Gasteiger partial charge in [-0.25, -0.2) is 0 Å². The van der Waals surface area contributed by atoms with Crippen LogP contribution < -0.4 is 15.6 Å². The van der Waals surface area contributed by atoms with Crippen LogP contribution in [0.15, 0.2) is 72.8 Å². The maximum absolute atomic E-state index is 2.51. The molecule has 0 aliphatic rings. The predicted octanol–water partition coefficient (Wildman–Crippen LogP) is 6.68. The minimum absolute atomic E-state index is 0.166. The number of benzene rings is 3. The Kier molecular flexibility index (Phi) is 6.39. The molecule has 32 heavy (non-hydrogen) atoms. The Bertz CT molecular complexity index is 893. The van der Waals surface area contributed by atoms with Crippen LogP contribution in [-0.2, 0) is 16.2 Å². The highest BCUT2D eigenvalue weighted by Crippen LogP contribution is 2.24. The van der Waals surface area contributed by atoms with Gasteiger partial charge in [0.2, 0.25) is 0 Å². The van der Waals surface area contributed by atoms with Gasteiger partial charge in [-0.15, -0.1) is 0 Å². The lowest BCUT2D eigenvalue weighted by molar-refractivity contribution is 0.590. The zero-order chi connectivity index (χ0) is 23.9. The van der Waals surface area contributed by atoms with Gasteiger partial charge in [-0.05, 0) is 48.5 Å². The van der Waals surface area contributed by atoms with E-state index in [0.717, 1.165) is 0 Å². The maximum Gasteiger partial charge on any atom is 0.145 e. The molecule has 3 aromatic carbocycles. The summed E-state index contributed by atoms with van der Waals surface area (Å²) >= 11 is 0. The molecule has 0 saturated carbocycles. The smallest absolute Gasteiger partial charge is 0.0619 e. The van der Waals surface area contributed by atoms with Crippen molar-refractivity contribution in [3.8, 4) is 0 Å². The van der Waals surface area contributed by atoms with Gasteiger partial charge in [-0.1, -0.05) is 142 Å². The van der Waals surface area contributed by atoms with E-state index >= 15 is 0 Å². The summed E-state index contributed by atoms with van der Waals surface area (Å²) in [6, 6.07) is 28.4. The molecule has 0 aliphatic heterocycles. The van der Waals surface area contributed by atoms with Crippen molar-refractivity contribution < 1.29 is 0 Å². The van der Waals surface area contributed by atoms with Crippen LogP contribution in [0.1, 0.15) is 79.0 Å². The average Bonchev–Trinajstić information content (AvgIpc) is 2.71. The predicted molar refractivity (Wildman–Crippen MR) is 146 cm³/mol. The molecule has 170 valence electrons. The Balaban J connectivity index is 2.17. The standard InChI is InChI=1S/C31H42Si/c1-29(2,3)23-11-17-26(18-12-23)32(10,27-19-13-24(14-20-27)30(4,5)6)28-21-15-25(16-22-28)31(7,8)9/h11-22H,1-10H3. The van der Waals surface area contributed by atoms with E-state index in [1.807, 2.05) is 0 Å². The molecule has 1 heteroatoms. The van der Waals surface area contributed by atoms with Crippen molar-refractivity contribution in [2.24, 2.45) is 0 Å². The van der Waals surface area contributed by atoms with Crippen LogP contribution in [0, 0.1) is 0 Å². The first-order chi connectivity index (χ1) is 14.6. The van der Waals surface area contributed by atoms with Crippen LogP contribution >= 0.6 is 0 Å². The summed E-state index contributed by atoms with van der Waals surface area (Å²) in [4.78, 5) is 0. The molecule has 0 aromatic heterocycles. The molecule has 0 radical (unpaired) electrons. The van der Waals surface area contributed by atoms with Crippen LogP contribution in [0.3, 0.4) is 0 Å². The molecule has 3 aromatic rings. The topological polar surface area (TPSA) is 0 Å². The van der Waals surface area contributed by atoms with Crippen molar-refractivity contribution in [1.29, 1.82) is 0 Å². The van der Waals surface area contributed by atoms with Crippen molar-refractivity contribution in [1.82, 2.24) is 0 Å². The summed E-state index contributed by atoms with van der Waals surface area (Å²) in [7, 11) is -2.12. The summed E-state index contributed by atoms with van der Waals surface area (Å²) in [5.41, 5.74) is 4.67. The molecule has 0 unspecified atom stereocenters. The normalized spacial score (nSPS) is 13.3. The van der Waals surface area contributed by atoms with E-state index in [9.17, 15) is 0 Å². The largest absolute Gasteiger partial charge is 0.145 e. The van der Waals surface area contributed by atoms with Crippen molar-refractivity contribution in [2.45, 2.75) is 85.1 Å². The summed E-state index contributed by atoms with van der Waals surface area (Å²) in [5, 5.41) is 4.41. The minimum atomic E-state index is -2.12. The molecule has 0 N–H and O–H groups in total. The first-order valence-corrected chi connectivity index (χ1v) is 14.5. The van der Waals surface area contributed by atoms with Crippen molar-refractivity contribution in [3.63, 3.8) is 0 Å². The lowest BCUT2D eigenvalue weighted by Gasteiger charge is -2.32. The van der Waals surface area contributed by atoms with Gasteiger partial charge in [-0.2, -0.15) is 0 Å². The van der Waals surface area contributed by atoms with E-state index in [4.69, 9.17) is 0 Å². The molecule has 0 fully saturated rings. The SMILES string of the molecule is CC(C)(C)c1ccc([Si](C)(c2ccc(C(C)(C)C)cc2)c2ccc(C(C)(C)C)cc2)cc1. The first kappa shape index (κ1) is 24.5. The lowest BCUT2D eigenvalue weighted by atomic mass is 9.87. The molecule has 3 rings (SSSR count).